The summed E-state index contributed by atoms with van der Waals surface area (Å²) in [5.74, 6) is 1.34. The van der Waals surface area contributed by atoms with Crippen LogP contribution in [0.2, 0.25) is 0 Å². The third-order valence-electron chi connectivity index (χ3n) is 3.60. The number of nitrogens with zero attached hydrogens (tertiary/aromatic N) is 2. The minimum atomic E-state index is 0.0566. The molecule has 1 aromatic carbocycles. The van der Waals surface area contributed by atoms with Crippen molar-refractivity contribution in [2.24, 2.45) is 0 Å². The lowest BCUT2D eigenvalue weighted by Gasteiger charge is -2.15. The van der Waals surface area contributed by atoms with Crippen molar-refractivity contribution in [2.45, 2.75) is 12.3 Å². The molecule has 2 aromatic rings. The number of aromatic nitrogens is 2. The molecule has 1 aromatic heterocycles. The maximum atomic E-state index is 11.8. The number of H-pyrrole nitrogens is 1. The van der Waals surface area contributed by atoms with Crippen molar-refractivity contribution in [3.8, 4) is 0 Å². The second-order valence-corrected chi connectivity index (χ2v) is 4.90. The average Bonchev–Trinajstić information content (AvgIpc) is 3.05. The quantitative estimate of drug-likeness (QED) is 0.909. The van der Waals surface area contributed by atoms with Gasteiger partial charge in [0.25, 0.3) is 0 Å². The van der Waals surface area contributed by atoms with Gasteiger partial charge in [-0.05, 0) is 18.6 Å². The Balaban J connectivity index is 1.75. The smallest absolute Gasteiger partial charge is 0.248 e. The highest BCUT2D eigenvalue weighted by Gasteiger charge is 2.28. The van der Waals surface area contributed by atoms with Crippen molar-refractivity contribution in [2.75, 3.05) is 26.8 Å². The monoisotopic (exact) mass is 259 g/mol. The van der Waals surface area contributed by atoms with Gasteiger partial charge in [-0.15, -0.1) is 0 Å². The van der Waals surface area contributed by atoms with E-state index in [-0.39, 0.29) is 12.5 Å². The molecule has 1 aliphatic rings. The minimum absolute atomic E-state index is 0.0566. The van der Waals surface area contributed by atoms with E-state index < -0.39 is 0 Å². The van der Waals surface area contributed by atoms with Crippen LogP contribution in [0.3, 0.4) is 0 Å². The number of imidazole rings is 1. The summed E-state index contributed by atoms with van der Waals surface area (Å²) in [5.41, 5.74) is 2.04. The second-order valence-electron chi connectivity index (χ2n) is 4.90. The summed E-state index contributed by atoms with van der Waals surface area (Å²) < 4.78 is 4.89. The Bertz CT molecular complexity index is 560. The van der Waals surface area contributed by atoms with Crippen molar-refractivity contribution >= 4 is 16.9 Å². The van der Waals surface area contributed by atoms with Crippen LogP contribution in [0.25, 0.3) is 11.0 Å². The maximum absolute atomic E-state index is 11.8. The fourth-order valence-electron chi connectivity index (χ4n) is 2.59. The van der Waals surface area contributed by atoms with Crippen molar-refractivity contribution < 1.29 is 9.53 Å². The Morgan fingerprint density at radius 3 is 3.16 bits per heavy atom. The molecule has 1 unspecified atom stereocenters. The zero-order chi connectivity index (χ0) is 13.2. The molecular formula is C14H17N3O2. The van der Waals surface area contributed by atoms with E-state index in [0.717, 1.165) is 36.4 Å². The lowest BCUT2D eigenvalue weighted by molar-refractivity contribution is -0.134. The molecule has 1 atom stereocenters. The normalized spacial score (nSPS) is 19.2. The van der Waals surface area contributed by atoms with E-state index in [9.17, 15) is 4.79 Å². The first-order valence-electron chi connectivity index (χ1n) is 6.49. The summed E-state index contributed by atoms with van der Waals surface area (Å²) in [6.07, 6.45) is 0.954. The van der Waals surface area contributed by atoms with Crippen LogP contribution in [0.15, 0.2) is 24.3 Å². The number of fused-ring (bicyclic) bond motifs is 1. The van der Waals surface area contributed by atoms with Crippen LogP contribution in [0.4, 0.5) is 0 Å². The first-order chi connectivity index (χ1) is 9.28. The fourth-order valence-corrected chi connectivity index (χ4v) is 2.59. The Morgan fingerprint density at radius 1 is 1.53 bits per heavy atom. The number of para-hydroxylation sites is 2. The Hall–Kier alpha value is -1.88. The molecule has 0 saturated carbocycles. The van der Waals surface area contributed by atoms with Gasteiger partial charge in [-0.25, -0.2) is 4.98 Å². The number of hydrogen-bond donors (Lipinski definition) is 1. The molecule has 0 spiro atoms. The van der Waals surface area contributed by atoms with Crippen LogP contribution in [-0.4, -0.2) is 47.6 Å². The third kappa shape index (κ3) is 2.33. The lowest BCUT2D eigenvalue weighted by atomic mass is 10.1. The van der Waals surface area contributed by atoms with Gasteiger partial charge in [0.2, 0.25) is 5.91 Å². The highest BCUT2D eigenvalue weighted by atomic mass is 16.5. The number of amides is 1. The SMILES string of the molecule is COCC(=O)N1CCC(c2nc3ccccc3[nH]2)C1. The van der Waals surface area contributed by atoms with Crippen LogP contribution in [0.1, 0.15) is 18.2 Å². The van der Waals surface area contributed by atoms with Crippen LogP contribution < -0.4 is 0 Å². The number of benzene rings is 1. The standard InChI is InChI=1S/C14H17N3O2/c1-19-9-13(18)17-7-6-10(8-17)14-15-11-4-2-3-5-12(11)16-14/h2-5,10H,6-9H2,1H3,(H,15,16). The van der Waals surface area contributed by atoms with Gasteiger partial charge in [0.05, 0.1) is 11.0 Å². The summed E-state index contributed by atoms with van der Waals surface area (Å²) in [6.45, 7) is 1.67. The van der Waals surface area contributed by atoms with Gasteiger partial charge in [-0.1, -0.05) is 12.1 Å². The van der Waals surface area contributed by atoms with Crippen LogP contribution in [0.5, 0.6) is 0 Å². The molecule has 3 rings (SSSR count). The summed E-state index contributed by atoms with van der Waals surface area (Å²) >= 11 is 0. The van der Waals surface area contributed by atoms with Gasteiger partial charge in [0, 0.05) is 26.1 Å². The molecule has 5 nitrogen and oxygen atoms in total. The van der Waals surface area contributed by atoms with Crippen LogP contribution >= 0.6 is 0 Å². The number of nitrogens with one attached hydrogen (secondary N) is 1. The summed E-state index contributed by atoms with van der Waals surface area (Å²) in [4.78, 5) is 21.6. The number of rotatable bonds is 3. The molecule has 19 heavy (non-hydrogen) atoms. The Labute approximate surface area is 111 Å². The van der Waals surface area contributed by atoms with E-state index in [1.54, 1.807) is 7.11 Å². The Kier molecular flexibility index (Phi) is 3.21. The largest absolute Gasteiger partial charge is 0.375 e. The number of likely N-dealkylation sites (tertiary alicyclic amines) is 1. The van der Waals surface area contributed by atoms with Crippen LogP contribution in [0, 0.1) is 0 Å². The summed E-state index contributed by atoms with van der Waals surface area (Å²) in [5, 5.41) is 0. The average molecular weight is 259 g/mol. The van der Waals surface area contributed by atoms with E-state index in [1.165, 1.54) is 0 Å². The van der Waals surface area contributed by atoms with E-state index >= 15 is 0 Å². The Morgan fingerprint density at radius 2 is 2.37 bits per heavy atom. The van der Waals surface area contributed by atoms with Crippen molar-refractivity contribution in [1.82, 2.24) is 14.9 Å². The van der Waals surface area contributed by atoms with Crippen LogP contribution in [-0.2, 0) is 9.53 Å². The van der Waals surface area contributed by atoms with E-state index in [0.29, 0.717) is 5.92 Å². The third-order valence-corrected chi connectivity index (χ3v) is 3.60. The zero-order valence-corrected chi connectivity index (χ0v) is 10.9. The number of aromatic amines is 1. The molecule has 2 heterocycles. The van der Waals surface area contributed by atoms with Crippen molar-refractivity contribution in [3.63, 3.8) is 0 Å². The van der Waals surface area contributed by atoms with Gasteiger partial charge in [0.15, 0.2) is 0 Å². The highest BCUT2D eigenvalue weighted by molar-refractivity contribution is 5.78. The molecule has 0 bridgehead atoms. The van der Waals surface area contributed by atoms with Gasteiger partial charge < -0.3 is 14.6 Å². The van der Waals surface area contributed by atoms with Gasteiger partial charge in [-0.2, -0.15) is 0 Å². The highest BCUT2D eigenvalue weighted by Crippen LogP contribution is 2.26. The van der Waals surface area contributed by atoms with E-state index in [2.05, 4.69) is 9.97 Å². The predicted molar refractivity (Wildman–Crippen MR) is 71.9 cm³/mol. The van der Waals surface area contributed by atoms with Gasteiger partial charge in [0.1, 0.15) is 12.4 Å². The van der Waals surface area contributed by atoms with E-state index in [4.69, 9.17) is 4.74 Å². The summed E-state index contributed by atoms with van der Waals surface area (Å²) in [7, 11) is 1.55. The van der Waals surface area contributed by atoms with Gasteiger partial charge in [-0.3, -0.25) is 4.79 Å². The first-order valence-corrected chi connectivity index (χ1v) is 6.49. The van der Waals surface area contributed by atoms with Crippen molar-refractivity contribution in [1.29, 1.82) is 0 Å². The molecule has 0 aliphatic carbocycles. The molecule has 0 radical (unpaired) electrons. The first kappa shape index (κ1) is 12.2. The van der Waals surface area contributed by atoms with E-state index in [1.807, 2.05) is 29.2 Å². The molecular weight excluding hydrogens is 242 g/mol. The number of hydrogen-bond acceptors (Lipinski definition) is 3. The van der Waals surface area contributed by atoms with Crippen molar-refractivity contribution in [3.05, 3.63) is 30.1 Å². The number of ether oxygens (including phenoxy) is 1. The topological polar surface area (TPSA) is 58.2 Å². The summed E-state index contributed by atoms with van der Waals surface area (Å²) in [6, 6.07) is 8.00. The minimum Gasteiger partial charge on any atom is -0.375 e. The molecule has 1 saturated heterocycles. The zero-order valence-electron chi connectivity index (χ0n) is 10.9. The predicted octanol–water partition coefficient (Wildman–Crippen LogP) is 1.53. The number of carbonyl (C=O) groups is 1. The number of methoxy groups -OCH3 is 1. The molecule has 1 amide bonds. The molecule has 5 heteroatoms. The molecule has 1 aliphatic heterocycles. The van der Waals surface area contributed by atoms with Gasteiger partial charge >= 0.3 is 0 Å². The fraction of sp³-hybridized carbons (Fsp3) is 0.429. The maximum Gasteiger partial charge on any atom is 0.248 e. The molecule has 1 fully saturated rings. The number of carbonyl (C=O) groups excluding carboxylic acids is 1. The lowest BCUT2D eigenvalue weighted by Crippen LogP contribution is -2.31. The molecule has 1 N–H and O–H groups in total. The second kappa shape index (κ2) is 5.01. The molecule has 100 valence electrons.